The summed E-state index contributed by atoms with van der Waals surface area (Å²) in [6.45, 7) is 4.45. The Bertz CT molecular complexity index is 363. The van der Waals surface area contributed by atoms with Gasteiger partial charge in [0.25, 0.3) is 0 Å². The van der Waals surface area contributed by atoms with E-state index in [1.165, 1.54) is 11.1 Å². The molecule has 0 aliphatic rings. The first-order valence-electron chi connectivity index (χ1n) is 4.97. The quantitative estimate of drug-likeness (QED) is 0.827. The van der Waals surface area contributed by atoms with Gasteiger partial charge in [-0.2, -0.15) is 0 Å². The molecule has 0 atom stereocenters. The van der Waals surface area contributed by atoms with Gasteiger partial charge in [-0.3, -0.25) is 4.79 Å². The van der Waals surface area contributed by atoms with Crippen molar-refractivity contribution in [3.63, 3.8) is 0 Å². The maximum absolute atomic E-state index is 11.0. The van der Waals surface area contributed by atoms with Gasteiger partial charge >= 0.3 is 0 Å². The van der Waals surface area contributed by atoms with Crippen LogP contribution < -0.4 is 0 Å². The van der Waals surface area contributed by atoms with Crippen molar-refractivity contribution in [3.8, 4) is 0 Å². The Morgan fingerprint density at radius 1 is 1.47 bits per heavy atom. The molecule has 0 fully saturated rings. The monoisotopic (exact) mass is 269 g/mol. The van der Waals surface area contributed by atoms with Gasteiger partial charge in [0.15, 0.2) is 0 Å². The summed E-state index contributed by atoms with van der Waals surface area (Å²) in [5.74, 6) is 0.114. The van der Waals surface area contributed by atoms with E-state index in [0.29, 0.717) is 0 Å². The van der Waals surface area contributed by atoms with E-state index >= 15 is 0 Å². The second kappa shape index (κ2) is 5.31. The molecular formula is C12H16BrNO. The van der Waals surface area contributed by atoms with Crippen molar-refractivity contribution in [3.05, 3.63) is 33.8 Å². The zero-order chi connectivity index (χ0) is 11.4. The van der Waals surface area contributed by atoms with Gasteiger partial charge in [-0.1, -0.05) is 22.0 Å². The number of carbonyl (C=O) groups is 1. The van der Waals surface area contributed by atoms with E-state index in [-0.39, 0.29) is 5.91 Å². The number of rotatable bonds is 3. The van der Waals surface area contributed by atoms with Crippen LogP contribution in [0.5, 0.6) is 0 Å². The standard InChI is InChI=1S/C12H16BrNO/c1-9-4-5-12(13)8-11(9)6-7-14(3)10(2)15/h4-5,8H,6-7H2,1-3H3. The lowest BCUT2D eigenvalue weighted by Gasteiger charge is -2.15. The van der Waals surface area contributed by atoms with E-state index in [1.54, 1.807) is 11.8 Å². The van der Waals surface area contributed by atoms with Crippen LogP contribution in [0, 0.1) is 6.92 Å². The largest absolute Gasteiger partial charge is 0.346 e. The molecule has 0 aromatic heterocycles. The van der Waals surface area contributed by atoms with Gasteiger partial charge in [0, 0.05) is 25.0 Å². The van der Waals surface area contributed by atoms with Crippen LogP contribution in [0.3, 0.4) is 0 Å². The molecule has 0 aliphatic carbocycles. The fourth-order valence-corrected chi connectivity index (χ4v) is 1.76. The number of likely N-dealkylation sites (N-methyl/N-ethyl adjacent to an activating group) is 1. The molecule has 0 bridgehead atoms. The summed E-state index contributed by atoms with van der Waals surface area (Å²) in [5.41, 5.74) is 2.56. The van der Waals surface area contributed by atoms with Crippen LogP contribution >= 0.6 is 15.9 Å². The molecule has 0 unspecified atom stereocenters. The zero-order valence-electron chi connectivity index (χ0n) is 9.38. The number of hydrogen-bond donors (Lipinski definition) is 0. The molecule has 0 saturated heterocycles. The molecular weight excluding hydrogens is 254 g/mol. The molecule has 3 heteroatoms. The molecule has 0 N–H and O–H groups in total. The van der Waals surface area contributed by atoms with Crippen LogP contribution in [-0.4, -0.2) is 24.4 Å². The lowest BCUT2D eigenvalue weighted by molar-refractivity contribution is -0.127. The molecule has 0 heterocycles. The van der Waals surface area contributed by atoms with Crippen LogP contribution in [0.1, 0.15) is 18.1 Å². The Morgan fingerprint density at radius 3 is 2.73 bits per heavy atom. The van der Waals surface area contributed by atoms with Gasteiger partial charge in [0.05, 0.1) is 0 Å². The highest BCUT2D eigenvalue weighted by molar-refractivity contribution is 9.10. The average molecular weight is 270 g/mol. The van der Waals surface area contributed by atoms with Gasteiger partial charge in [0.2, 0.25) is 5.91 Å². The van der Waals surface area contributed by atoms with Gasteiger partial charge in [-0.25, -0.2) is 0 Å². The number of hydrogen-bond acceptors (Lipinski definition) is 1. The normalized spacial score (nSPS) is 10.1. The zero-order valence-corrected chi connectivity index (χ0v) is 11.0. The van der Waals surface area contributed by atoms with Crippen LogP contribution in [0.25, 0.3) is 0 Å². The fraction of sp³-hybridized carbons (Fsp3) is 0.417. The third-order valence-electron chi connectivity index (χ3n) is 2.57. The number of aryl methyl sites for hydroxylation is 1. The molecule has 15 heavy (non-hydrogen) atoms. The first kappa shape index (κ1) is 12.2. The summed E-state index contributed by atoms with van der Waals surface area (Å²) in [5, 5.41) is 0. The molecule has 1 rings (SSSR count). The van der Waals surface area contributed by atoms with E-state index in [2.05, 4.69) is 35.0 Å². The maximum Gasteiger partial charge on any atom is 0.219 e. The first-order chi connectivity index (χ1) is 7.00. The minimum atomic E-state index is 0.114. The molecule has 1 aromatic rings. The number of benzene rings is 1. The van der Waals surface area contributed by atoms with E-state index in [4.69, 9.17) is 0 Å². The second-order valence-corrected chi connectivity index (χ2v) is 4.68. The third kappa shape index (κ3) is 3.67. The number of amides is 1. The number of carbonyl (C=O) groups excluding carboxylic acids is 1. The van der Waals surface area contributed by atoms with E-state index in [9.17, 15) is 4.79 Å². The molecule has 82 valence electrons. The Kier molecular flexibility index (Phi) is 4.33. The number of nitrogens with zero attached hydrogens (tertiary/aromatic N) is 1. The van der Waals surface area contributed by atoms with Crippen molar-refractivity contribution in [2.45, 2.75) is 20.3 Å². The molecule has 2 nitrogen and oxygen atoms in total. The van der Waals surface area contributed by atoms with E-state index < -0.39 is 0 Å². The highest BCUT2D eigenvalue weighted by Gasteiger charge is 2.04. The summed E-state index contributed by atoms with van der Waals surface area (Å²) >= 11 is 3.45. The van der Waals surface area contributed by atoms with Crippen molar-refractivity contribution < 1.29 is 4.79 Å². The summed E-state index contributed by atoms with van der Waals surface area (Å²) in [6, 6.07) is 6.24. The Labute approximate surface area is 99.4 Å². The van der Waals surface area contributed by atoms with Crippen molar-refractivity contribution >= 4 is 21.8 Å². The highest BCUT2D eigenvalue weighted by atomic mass is 79.9. The predicted molar refractivity (Wildman–Crippen MR) is 65.9 cm³/mol. The van der Waals surface area contributed by atoms with Crippen LogP contribution in [0.15, 0.2) is 22.7 Å². The van der Waals surface area contributed by atoms with Gasteiger partial charge in [-0.15, -0.1) is 0 Å². The van der Waals surface area contributed by atoms with Crippen LogP contribution in [-0.2, 0) is 11.2 Å². The second-order valence-electron chi connectivity index (χ2n) is 3.76. The van der Waals surface area contributed by atoms with Gasteiger partial charge < -0.3 is 4.90 Å². The fourth-order valence-electron chi connectivity index (χ4n) is 1.35. The minimum absolute atomic E-state index is 0.114. The summed E-state index contributed by atoms with van der Waals surface area (Å²) in [7, 11) is 1.83. The highest BCUT2D eigenvalue weighted by Crippen LogP contribution is 2.16. The number of halogens is 1. The van der Waals surface area contributed by atoms with Crippen molar-refractivity contribution in [1.82, 2.24) is 4.90 Å². The molecule has 1 amide bonds. The van der Waals surface area contributed by atoms with Gasteiger partial charge in [0.1, 0.15) is 0 Å². The molecule has 0 aliphatic heterocycles. The predicted octanol–water partition coefficient (Wildman–Crippen LogP) is 2.78. The minimum Gasteiger partial charge on any atom is -0.346 e. The lowest BCUT2D eigenvalue weighted by Crippen LogP contribution is -2.26. The average Bonchev–Trinajstić information content (AvgIpc) is 2.18. The Morgan fingerprint density at radius 2 is 2.13 bits per heavy atom. The summed E-state index contributed by atoms with van der Waals surface area (Å²) in [6.07, 6.45) is 0.904. The topological polar surface area (TPSA) is 20.3 Å². The van der Waals surface area contributed by atoms with Crippen LogP contribution in [0.4, 0.5) is 0 Å². The van der Waals surface area contributed by atoms with Crippen molar-refractivity contribution in [1.29, 1.82) is 0 Å². The molecule has 0 radical (unpaired) electrons. The third-order valence-corrected chi connectivity index (χ3v) is 3.06. The summed E-state index contributed by atoms with van der Waals surface area (Å²) in [4.78, 5) is 12.8. The lowest BCUT2D eigenvalue weighted by atomic mass is 10.1. The van der Waals surface area contributed by atoms with E-state index in [0.717, 1.165) is 17.4 Å². The first-order valence-corrected chi connectivity index (χ1v) is 5.76. The maximum atomic E-state index is 11.0. The molecule has 1 aromatic carbocycles. The van der Waals surface area contributed by atoms with E-state index in [1.807, 2.05) is 13.1 Å². The van der Waals surface area contributed by atoms with Crippen LogP contribution in [0.2, 0.25) is 0 Å². The van der Waals surface area contributed by atoms with Crippen molar-refractivity contribution in [2.24, 2.45) is 0 Å². The van der Waals surface area contributed by atoms with Gasteiger partial charge in [-0.05, 0) is 36.6 Å². The SMILES string of the molecule is CC(=O)N(C)CCc1cc(Br)ccc1C. The Hall–Kier alpha value is -0.830. The Balaban J connectivity index is 2.65. The summed E-state index contributed by atoms with van der Waals surface area (Å²) < 4.78 is 1.09. The molecule has 0 saturated carbocycles. The smallest absolute Gasteiger partial charge is 0.219 e. The molecule has 0 spiro atoms. The van der Waals surface area contributed by atoms with Crippen molar-refractivity contribution in [2.75, 3.05) is 13.6 Å².